The smallest absolute Gasteiger partial charge is 0.227 e. The Morgan fingerprint density at radius 3 is 2.62 bits per heavy atom. The number of aromatic nitrogens is 3. The molecule has 32 heavy (non-hydrogen) atoms. The maximum Gasteiger partial charge on any atom is 0.227 e. The molecule has 6 nitrogen and oxygen atoms in total. The Bertz CT molecular complexity index is 1270. The Morgan fingerprint density at radius 2 is 1.88 bits per heavy atom. The van der Waals surface area contributed by atoms with Crippen molar-refractivity contribution in [1.29, 1.82) is 0 Å². The largest absolute Gasteiger partial charge is 0.355 e. The number of carbonyl (C=O) groups excluding carboxylic acids is 1. The first-order valence-corrected chi connectivity index (χ1v) is 11.3. The number of benzene rings is 2. The number of rotatable bonds is 4. The zero-order valence-electron chi connectivity index (χ0n) is 17.2. The van der Waals surface area contributed by atoms with Crippen LogP contribution in [0.5, 0.6) is 0 Å². The fourth-order valence-electron chi connectivity index (χ4n) is 4.08. The van der Waals surface area contributed by atoms with Crippen molar-refractivity contribution in [3.05, 3.63) is 77.3 Å². The van der Waals surface area contributed by atoms with Crippen molar-refractivity contribution < 1.29 is 9.18 Å². The summed E-state index contributed by atoms with van der Waals surface area (Å²) in [6.07, 6.45) is 5.04. The van der Waals surface area contributed by atoms with Crippen molar-refractivity contribution in [3.63, 3.8) is 0 Å². The lowest BCUT2D eigenvalue weighted by atomic mass is 9.95. The van der Waals surface area contributed by atoms with Gasteiger partial charge in [0, 0.05) is 47.1 Å². The molecule has 8 heteroatoms. The van der Waals surface area contributed by atoms with Gasteiger partial charge in [0.1, 0.15) is 11.3 Å². The maximum atomic E-state index is 13.3. The number of fused-ring (bicyclic) bond motifs is 1. The highest BCUT2D eigenvalue weighted by atomic mass is 79.9. The number of carbonyl (C=O) groups is 1. The molecule has 2 aromatic carbocycles. The molecular weight excluding hydrogens is 473 g/mol. The van der Waals surface area contributed by atoms with Crippen LogP contribution in [0, 0.1) is 11.7 Å². The fourth-order valence-corrected chi connectivity index (χ4v) is 4.48. The Balaban J connectivity index is 1.30. The second kappa shape index (κ2) is 8.70. The van der Waals surface area contributed by atoms with E-state index < -0.39 is 0 Å². The van der Waals surface area contributed by atoms with Crippen molar-refractivity contribution in [1.82, 2.24) is 14.6 Å². The number of halogens is 2. The topological polar surface area (TPSA) is 62.5 Å². The fraction of sp³-hybridized carbons (Fsp3) is 0.208. The second-order valence-corrected chi connectivity index (χ2v) is 8.79. The number of hydrogen-bond donors (Lipinski definition) is 1. The number of hydrogen-bond acceptors (Lipinski definition) is 4. The van der Waals surface area contributed by atoms with Crippen LogP contribution < -0.4 is 10.2 Å². The van der Waals surface area contributed by atoms with E-state index in [1.54, 1.807) is 22.8 Å². The minimum atomic E-state index is -0.272. The molecule has 1 amide bonds. The lowest BCUT2D eigenvalue weighted by Gasteiger charge is -2.32. The molecule has 0 unspecified atom stereocenters. The van der Waals surface area contributed by atoms with Gasteiger partial charge in [-0.15, -0.1) is 0 Å². The van der Waals surface area contributed by atoms with Gasteiger partial charge in [-0.1, -0.05) is 22.0 Å². The summed E-state index contributed by atoms with van der Waals surface area (Å²) >= 11 is 3.43. The number of amides is 1. The molecule has 1 N–H and O–H groups in total. The summed E-state index contributed by atoms with van der Waals surface area (Å²) in [5.74, 6) is 0.590. The molecule has 0 saturated carbocycles. The molecule has 0 bridgehead atoms. The third-order valence-electron chi connectivity index (χ3n) is 5.77. The molecule has 0 spiro atoms. The van der Waals surface area contributed by atoms with E-state index in [1.165, 1.54) is 12.1 Å². The highest BCUT2D eigenvalue weighted by Gasteiger charge is 2.27. The predicted molar refractivity (Wildman–Crippen MR) is 126 cm³/mol. The van der Waals surface area contributed by atoms with Crippen LogP contribution in [0.25, 0.3) is 16.8 Å². The monoisotopic (exact) mass is 493 g/mol. The highest BCUT2D eigenvalue weighted by Crippen LogP contribution is 2.29. The summed E-state index contributed by atoms with van der Waals surface area (Å²) < 4.78 is 16.0. The van der Waals surface area contributed by atoms with Crippen molar-refractivity contribution in [2.75, 3.05) is 23.3 Å². The molecular formula is C24H21BrFN5O. The number of nitrogens with one attached hydrogen (secondary N) is 1. The molecule has 0 aliphatic carbocycles. The highest BCUT2D eigenvalue weighted by molar-refractivity contribution is 9.10. The summed E-state index contributed by atoms with van der Waals surface area (Å²) in [5, 5.41) is 7.64. The van der Waals surface area contributed by atoms with Crippen LogP contribution in [0.4, 0.5) is 15.9 Å². The number of piperidine rings is 1. The van der Waals surface area contributed by atoms with E-state index in [-0.39, 0.29) is 17.6 Å². The Hall–Kier alpha value is -3.26. The van der Waals surface area contributed by atoms with Gasteiger partial charge in [-0.05, 0) is 61.4 Å². The van der Waals surface area contributed by atoms with Gasteiger partial charge in [-0.3, -0.25) is 4.79 Å². The predicted octanol–water partition coefficient (Wildman–Crippen LogP) is 5.15. The molecule has 1 aliphatic rings. The first-order chi connectivity index (χ1) is 15.6. The van der Waals surface area contributed by atoms with E-state index in [0.717, 1.165) is 58.7 Å². The van der Waals surface area contributed by atoms with Crippen LogP contribution >= 0.6 is 15.9 Å². The summed E-state index contributed by atoms with van der Waals surface area (Å²) in [7, 11) is 0. The third kappa shape index (κ3) is 4.23. The molecule has 5 rings (SSSR count). The number of anilines is 2. The Morgan fingerprint density at radius 1 is 1.09 bits per heavy atom. The molecule has 0 radical (unpaired) electrons. The van der Waals surface area contributed by atoms with E-state index in [9.17, 15) is 9.18 Å². The lowest BCUT2D eigenvalue weighted by Crippen LogP contribution is -2.38. The van der Waals surface area contributed by atoms with E-state index >= 15 is 0 Å². The van der Waals surface area contributed by atoms with Crippen LogP contribution in [0.1, 0.15) is 12.8 Å². The average molecular weight is 494 g/mol. The summed E-state index contributed by atoms with van der Waals surface area (Å²) in [6.45, 7) is 1.47. The van der Waals surface area contributed by atoms with Gasteiger partial charge in [-0.25, -0.2) is 13.9 Å². The third-order valence-corrected chi connectivity index (χ3v) is 6.26. The quantitative estimate of drug-likeness (QED) is 0.426. The van der Waals surface area contributed by atoms with E-state index in [1.807, 2.05) is 36.5 Å². The lowest BCUT2D eigenvalue weighted by molar-refractivity contribution is -0.120. The molecule has 3 heterocycles. The summed E-state index contributed by atoms with van der Waals surface area (Å²) in [4.78, 5) is 19.5. The van der Waals surface area contributed by atoms with Crippen molar-refractivity contribution in [3.8, 4) is 11.3 Å². The van der Waals surface area contributed by atoms with Crippen LogP contribution in [0.3, 0.4) is 0 Å². The van der Waals surface area contributed by atoms with E-state index in [4.69, 9.17) is 0 Å². The second-order valence-electron chi connectivity index (χ2n) is 7.88. The molecule has 1 saturated heterocycles. The van der Waals surface area contributed by atoms with Gasteiger partial charge in [-0.2, -0.15) is 5.10 Å². The van der Waals surface area contributed by atoms with Crippen LogP contribution in [0.15, 0.2) is 71.5 Å². The molecule has 4 aromatic rings. The minimum absolute atomic E-state index is 0.0374. The first-order valence-electron chi connectivity index (χ1n) is 10.5. The van der Waals surface area contributed by atoms with Gasteiger partial charge < -0.3 is 10.2 Å². The molecule has 0 atom stereocenters. The minimum Gasteiger partial charge on any atom is -0.355 e. The standard InChI is InChI=1S/C24H21BrFN5O/c25-18-2-1-3-20(14-18)28-24(32)17-8-11-30(12-9-17)23-22-15-21(29-31(22)13-10-27-23)16-4-6-19(26)7-5-16/h1-7,10,13-15,17H,8-9,11-12H2,(H,28,32). The van der Waals surface area contributed by atoms with Crippen LogP contribution in [0.2, 0.25) is 0 Å². The van der Waals surface area contributed by atoms with Crippen LogP contribution in [-0.4, -0.2) is 33.6 Å². The number of nitrogens with zero attached hydrogens (tertiary/aromatic N) is 4. The average Bonchev–Trinajstić information content (AvgIpc) is 3.24. The normalized spacial score (nSPS) is 14.6. The van der Waals surface area contributed by atoms with Gasteiger partial charge in [0.2, 0.25) is 5.91 Å². The maximum absolute atomic E-state index is 13.3. The Labute approximate surface area is 193 Å². The van der Waals surface area contributed by atoms with Crippen molar-refractivity contribution in [2.45, 2.75) is 12.8 Å². The van der Waals surface area contributed by atoms with Gasteiger partial charge in [0.05, 0.1) is 5.69 Å². The molecule has 162 valence electrons. The van der Waals surface area contributed by atoms with Gasteiger partial charge in [0.25, 0.3) is 0 Å². The van der Waals surface area contributed by atoms with E-state index in [0.29, 0.717) is 0 Å². The van der Waals surface area contributed by atoms with Crippen LogP contribution in [-0.2, 0) is 4.79 Å². The molecule has 2 aromatic heterocycles. The SMILES string of the molecule is O=C(Nc1cccc(Br)c1)C1CCN(c2nccn3nc(-c4ccc(F)cc4)cc23)CC1. The summed E-state index contributed by atoms with van der Waals surface area (Å²) in [6, 6.07) is 15.9. The Kier molecular flexibility index (Phi) is 5.61. The van der Waals surface area contributed by atoms with Gasteiger partial charge in [0.15, 0.2) is 5.82 Å². The van der Waals surface area contributed by atoms with Gasteiger partial charge >= 0.3 is 0 Å². The zero-order valence-corrected chi connectivity index (χ0v) is 18.8. The van der Waals surface area contributed by atoms with Crippen molar-refractivity contribution in [2.24, 2.45) is 5.92 Å². The zero-order chi connectivity index (χ0) is 22.1. The molecule has 1 aliphatic heterocycles. The molecule has 1 fully saturated rings. The summed E-state index contributed by atoms with van der Waals surface area (Å²) in [5.41, 5.74) is 3.31. The first kappa shape index (κ1) is 20.6. The van der Waals surface area contributed by atoms with E-state index in [2.05, 4.69) is 36.2 Å². The van der Waals surface area contributed by atoms with Crippen molar-refractivity contribution >= 4 is 38.9 Å².